The van der Waals surface area contributed by atoms with Crippen molar-refractivity contribution in [3.05, 3.63) is 71.8 Å². The second-order valence-electron chi connectivity index (χ2n) is 7.09. The molecule has 144 valence electrons. The molecule has 1 heterocycles. The lowest BCUT2D eigenvalue weighted by Gasteiger charge is -2.44. The van der Waals surface area contributed by atoms with Crippen LogP contribution in [0.5, 0.6) is 0 Å². The number of morpholine rings is 1. The molecule has 1 fully saturated rings. The third-order valence-corrected chi connectivity index (χ3v) is 4.99. The number of amides is 1. The van der Waals surface area contributed by atoms with E-state index in [9.17, 15) is 9.90 Å². The molecule has 27 heavy (non-hydrogen) atoms. The molecule has 0 aromatic heterocycles. The van der Waals surface area contributed by atoms with Gasteiger partial charge in [-0.15, -0.1) is 0 Å². The van der Waals surface area contributed by atoms with Gasteiger partial charge in [0, 0.05) is 13.0 Å². The van der Waals surface area contributed by atoms with Crippen LogP contribution in [0.4, 0.5) is 0 Å². The Balaban J connectivity index is 1.59. The van der Waals surface area contributed by atoms with Crippen molar-refractivity contribution in [2.75, 3.05) is 19.8 Å². The van der Waals surface area contributed by atoms with Gasteiger partial charge in [-0.25, -0.2) is 0 Å². The third kappa shape index (κ3) is 4.95. The highest BCUT2D eigenvalue weighted by molar-refractivity contribution is 5.85. The van der Waals surface area contributed by atoms with Crippen LogP contribution in [0.1, 0.15) is 24.5 Å². The summed E-state index contributed by atoms with van der Waals surface area (Å²) in [6.45, 7) is 3.43. The first-order chi connectivity index (χ1) is 13.1. The number of hydrogen-bond acceptors (Lipinski definition) is 4. The molecule has 5 nitrogen and oxygen atoms in total. The maximum atomic E-state index is 13.1. The van der Waals surface area contributed by atoms with Crippen LogP contribution in [0.3, 0.4) is 0 Å². The Bertz CT molecular complexity index is 722. The van der Waals surface area contributed by atoms with Crippen LogP contribution in [0.2, 0.25) is 0 Å². The molecule has 0 bridgehead atoms. The molecular weight excluding hydrogens is 342 g/mol. The standard InChI is InChI=1S/C22H27NO4/c1-22(12-13-26-16-19-10-6-3-7-11-19)21(25)23(20(15-24)17-27-22)14-18-8-4-2-5-9-18/h2-11,20,24H,12-17H2,1H3. The largest absolute Gasteiger partial charge is 0.394 e. The summed E-state index contributed by atoms with van der Waals surface area (Å²) in [7, 11) is 0. The zero-order valence-corrected chi connectivity index (χ0v) is 15.7. The Morgan fingerprint density at radius 2 is 1.74 bits per heavy atom. The summed E-state index contributed by atoms with van der Waals surface area (Å²) in [5.74, 6) is -0.0973. The average Bonchev–Trinajstić information content (AvgIpc) is 2.71. The lowest BCUT2D eigenvalue weighted by atomic mass is 9.96. The molecule has 0 radical (unpaired) electrons. The number of nitrogens with zero attached hydrogens (tertiary/aromatic N) is 1. The van der Waals surface area contributed by atoms with Gasteiger partial charge in [-0.3, -0.25) is 4.79 Å². The van der Waals surface area contributed by atoms with E-state index in [1.165, 1.54) is 0 Å². The fraction of sp³-hybridized carbons (Fsp3) is 0.409. The van der Waals surface area contributed by atoms with Crippen molar-refractivity contribution in [1.29, 1.82) is 0 Å². The summed E-state index contributed by atoms with van der Waals surface area (Å²) in [4.78, 5) is 14.9. The Hall–Kier alpha value is -2.21. The predicted octanol–water partition coefficient (Wildman–Crippen LogP) is 2.77. The van der Waals surface area contributed by atoms with Crippen molar-refractivity contribution in [1.82, 2.24) is 4.90 Å². The van der Waals surface area contributed by atoms with E-state index < -0.39 is 5.60 Å². The molecule has 0 saturated carbocycles. The molecular formula is C22H27NO4. The molecule has 1 amide bonds. The Morgan fingerprint density at radius 1 is 1.11 bits per heavy atom. The summed E-state index contributed by atoms with van der Waals surface area (Å²) in [6.07, 6.45) is 0.474. The predicted molar refractivity (Wildman–Crippen MR) is 103 cm³/mol. The normalized spacial score (nSPS) is 22.8. The van der Waals surface area contributed by atoms with Crippen LogP contribution < -0.4 is 0 Å². The van der Waals surface area contributed by atoms with E-state index in [1.54, 1.807) is 4.90 Å². The van der Waals surface area contributed by atoms with Crippen LogP contribution in [0.25, 0.3) is 0 Å². The van der Waals surface area contributed by atoms with Gasteiger partial charge in [-0.1, -0.05) is 60.7 Å². The van der Waals surface area contributed by atoms with Gasteiger partial charge in [-0.2, -0.15) is 0 Å². The maximum absolute atomic E-state index is 13.1. The molecule has 1 aliphatic rings. The number of benzene rings is 2. The van der Waals surface area contributed by atoms with Crippen LogP contribution in [-0.2, 0) is 27.4 Å². The van der Waals surface area contributed by atoms with E-state index >= 15 is 0 Å². The van der Waals surface area contributed by atoms with Crippen LogP contribution >= 0.6 is 0 Å². The topological polar surface area (TPSA) is 59.0 Å². The lowest BCUT2D eigenvalue weighted by Crippen LogP contribution is -2.60. The number of ether oxygens (including phenoxy) is 2. The van der Waals surface area contributed by atoms with Gasteiger partial charge in [0.2, 0.25) is 0 Å². The Labute approximate surface area is 160 Å². The molecule has 2 aromatic carbocycles. The fourth-order valence-electron chi connectivity index (χ4n) is 3.24. The Morgan fingerprint density at radius 3 is 2.37 bits per heavy atom. The van der Waals surface area contributed by atoms with E-state index in [1.807, 2.05) is 67.6 Å². The van der Waals surface area contributed by atoms with Crippen molar-refractivity contribution < 1.29 is 19.4 Å². The van der Waals surface area contributed by atoms with Crippen LogP contribution in [0, 0.1) is 0 Å². The molecule has 0 spiro atoms. The highest BCUT2D eigenvalue weighted by atomic mass is 16.5. The molecule has 2 atom stereocenters. The van der Waals surface area contributed by atoms with E-state index in [2.05, 4.69) is 0 Å². The molecule has 5 heteroatoms. The van der Waals surface area contributed by atoms with E-state index in [4.69, 9.17) is 9.47 Å². The molecule has 0 aliphatic carbocycles. The van der Waals surface area contributed by atoms with E-state index in [-0.39, 0.29) is 18.6 Å². The van der Waals surface area contributed by atoms with E-state index in [0.29, 0.717) is 32.8 Å². The van der Waals surface area contributed by atoms with Gasteiger partial charge in [0.1, 0.15) is 5.60 Å². The molecule has 1 saturated heterocycles. The van der Waals surface area contributed by atoms with Gasteiger partial charge in [-0.05, 0) is 18.1 Å². The number of carbonyl (C=O) groups excluding carboxylic acids is 1. The van der Waals surface area contributed by atoms with Gasteiger partial charge in [0.25, 0.3) is 5.91 Å². The van der Waals surface area contributed by atoms with Crippen molar-refractivity contribution in [2.24, 2.45) is 0 Å². The van der Waals surface area contributed by atoms with Crippen LogP contribution in [0.15, 0.2) is 60.7 Å². The first-order valence-electron chi connectivity index (χ1n) is 9.34. The average molecular weight is 369 g/mol. The smallest absolute Gasteiger partial charge is 0.255 e. The highest BCUT2D eigenvalue weighted by Crippen LogP contribution is 2.27. The first kappa shape index (κ1) is 19.5. The Kier molecular flexibility index (Phi) is 6.61. The number of aliphatic hydroxyl groups excluding tert-OH is 1. The summed E-state index contributed by atoms with van der Waals surface area (Å²) in [5, 5.41) is 9.67. The summed E-state index contributed by atoms with van der Waals surface area (Å²) in [5.41, 5.74) is 1.20. The second kappa shape index (κ2) is 9.13. The number of aliphatic hydroxyl groups is 1. The number of carbonyl (C=O) groups is 1. The number of hydrogen-bond donors (Lipinski definition) is 1. The minimum Gasteiger partial charge on any atom is -0.394 e. The van der Waals surface area contributed by atoms with Crippen molar-refractivity contribution >= 4 is 5.91 Å². The third-order valence-electron chi connectivity index (χ3n) is 4.99. The van der Waals surface area contributed by atoms with Crippen molar-refractivity contribution in [3.63, 3.8) is 0 Å². The molecule has 3 rings (SSSR count). The zero-order chi connectivity index (χ0) is 19.1. The maximum Gasteiger partial charge on any atom is 0.255 e. The molecule has 2 unspecified atom stereocenters. The minimum absolute atomic E-state index is 0.0973. The second-order valence-corrected chi connectivity index (χ2v) is 7.09. The lowest BCUT2D eigenvalue weighted by molar-refractivity contribution is -0.184. The molecule has 1 aliphatic heterocycles. The van der Waals surface area contributed by atoms with Crippen molar-refractivity contribution in [2.45, 2.75) is 38.1 Å². The van der Waals surface area contributed by atoms with E-state index in [0.717, 1.165) is 11.1 Å². The molecule has 1 N–H and O–H groups in total. The SMILES string of the molecule is CC1(CCOCc2ccccc2)OCC(CO)N(Cc2ccccc2)C1=O. The quantitative estimate of drug-likeness (QED) is 0.727. The monoisotopic (exact) mass is 369 g/mol. The first-order valence-corrected chi connectivity index (χ1v) is 9.34. The van der Waals surface area contributed by atoms with Crippen molar-refractivity contribution in [3.8, 4) is 0 Å². The highest BCUT2D eigenvalue weighted by Gasteiger charge is 2.44. The van der Waals surface area contributed by atoms with Gasteiger partial charge < -0.3 is 19.5 Å². The minimum atomic E-state index is -0.933. The summed E-state index contributed by atoms with van der Waals surface area (Å²) < 4.78 is 11.6. The summed E-state index contributed by atoms with van der Waals surface area (Å²) in [6, 6.07) is 19.4. The van der Waals surface area contributed by atoms with Gasteiger partial charge >= 0.3 is 0 Å². The summed E-state index contributed by atoms with van der Waals surface area (Å²) >= 11 is 0. The van der Waals surface area contributed by atoms with Crippen LogP contribution in [-0.4, -0.2) is 47.4 Å². The molecule has 2 aromatic rings. The van der Waals surface area contributed by atoms with Gasteiger partial charge in [0.15, 0.2) is 0 Å². The van der Waals surface area contributed by atoms with Gasteiger partial charge in [0.05, 0.1) is 32.5 Å². The zero-order valence-electron chi connectivity index (χ0n) is 15.7. The fourth-order valence-corrected chi connectivity index (χ4v) is 3.24. The number of rotatable bonds is 8.